The summed E-state index contributed by atoms with van der Waals surface area (Å²) in [5.41, 5.74) is 0.697. The van der Waals surface area contributed by atoms with Crippen LogP contribution in [-0.4, -0.2) is 28.6 Å². The highest BCUT2D eigenvalue weighted by Gasteiger charge is 2.37. The zero-order valence-corrected chi connectivity index (χ0v) is 12.2. The van der Waals surface area contributed by atoms with Crippen molar-refractivity contribution >= 4 is 5.97 Å². The van der Waals surface area contributed by atoms with Crippen LogP contribution in [0.4, 0.5) is 0 Å². The Bertz CT molecular complexity index is 535. The highest BCUT2D eigenvalue weighted by atomic mass is 16.7. The minimum absolute atomic E-state index is 0.0538. The van der Waals surface area contributed by atoms with Gasteiger partial charge in [0.25, 0.3) is 0 Å². The van der Waals surface area contributed by atoms with Crippen molar-refractivity contribution in [1.29, 1.82) is 0 Å². The Morgan fingerprint density at radius 2 is 2.14 bits per heavy atom. The summed E-state index contributed by atoms with van der Waals surface area (Å²) in [6, 6.07) is 7.02. The number of rotatable bonds is 4. The number of hydrogen-bond acceptors (Lipinski definition) is 4. The smallest absolute Gasteiger partial charge is 0.327 e. The number of aromatic hydroxyl groups is 1. The first-order valence-corrected chi connectivity index (χ1v) is 6.88. The Morgan fingerprint density at radius 1 is 1.43 bits per heavy atom. The first-order valence-electron chi connectivity index (χ1n) is 6.88. The minimum atomic E-state index is -0.980. The molecule has 5 nitrogen and oxygen atoms in total. The number of ether oxygens (including phenoxy) is 2. The summed E-state index contributed by atoms with van der Waals surface area (Å²) in [5, 5.41) is 18.7. The van der Waals surface area contributed by atoms with Gasteiger partial charge in [-0.3, -0.25) is 0 Å². The maximum Gasteiger partial charge on any atom is 0.327 e. The van der Waals surface area contributed by atoms with Crippen LogP contribution in [-0.2, 0) is 14.3 Å². The fourth-order valence-corrected chi connectivity index (χ4v) is 2.41. The van der Waals surface area contributed by atoms with Crippen LogP contribution in [0.3, 0.4) is 0 Å². The van der Waals surface area contributed by atoms with Crippen LogP contribution in [0.15, 0.2) is 36.4 Å². The van der Waals surface area contributed by atoms with Gasteiger partial charge in [-0.15, -0.1) is 0 Å². The lowest BCUT2D eigenvalue weighted by Crippen LogP contribution is -2.41. The lowest BCUT2D eigenvalue weighted by Gasteiger charge is -2.41. The lowest BCUT2D eigenvalue weighted by molar-refractivity contribution is -0.295. The lowest BCUT2D eigenvalue weighted by atomic mass is 9.91. The highest BCUT2D eigenvalue weighted by molar-refractivity contribution is 5.79. The van der Waals surface area contributed by atoms with Crippen molar-refractivity contribution in [3.63, 3.8) is 0 Å². The standard InChI is InChI=1S/C16H20O5/c1-16(2)20-10-11(6-5-9-14(18)19)15(21-16)12-7-3-4-8-13(12)17/h3-5,7-9,11,15,17H,6,10H2,1-2H3,(H,18,19)/t11-,15+/m1/s1. The molecule has 0 bridgehead atoms. The zero-order valence-electron chi connectivity index (χ0n) is 12.2. The third kappa shape index (κ3) is 4.06. The van der Waals surface area contributed by atoms with Crippen LogP contribution in [0.25, 0.3) is 0 Å². The van der Waals surface area contributed by atoms with Crippen LogP contribution >= 0.6 is 0 Å². The summed E-state index contributed by atoms with van der Waals surface area (Å²) in [7, 11) is 0. The number of para-hydroxylation sites is 1. The molecule has 5 heteroatoms. The van der Waals surface area contributed by atoms with E-state index in [2.05, 4.69) is 0 Å². The van der Waals surface area contributed by atoms with Crippen LogP contribution in [0, 0.1) is 5.92 Å². The third-order valence-corrected chi connectivity index (χ3v) is 3.43. The van der Waals surface area contributed by atoms with E-state index in [1.54, 1.807) is 18.2 Å². The van der Waals surface area contributed by atoms with Gasteiger partial charge in [-0.1, -0.05) is 24.3 Å². The van der Waals surface area contributed by atoms with Gasteiger partial charge in [0, 0.05) is 17.6 Å². The molecule has 1 aliphatic rings. The van der Waals surface area contributed by atoms with Crippen molar-refractivity contribution in [2.75, 3.05) is 6.61 Å². The Morgan fingerprint density at radius 3 is 2.81 bits per heavy atom. The number of benzene rings is 1. The minimum Gasteiger partial charge on any atom is -0.508 e. The number of allylic oxidation sites excluding steroid dienone is 1. The molecule has 1 aromatic carbocycles. The maximum atomic E-state index is 10.6. The normalized spacial score (nSPS) is 25.0. The number of hydrogen-bond donors (Lipinski definition) is 2. The predicted molar refractivity (Wildman–Crippen MR) is 76.8 cm³/mol. The monoisotopic (exact) mass is 292 g/mol. The molecule has 2 atom stereocenters. The van der Waals surface area contributed by atoms with E-state index in [4.69, 9.17) is 14.6 Å². The molecular formula is C16H20O5. The molecule has 1 fully saturated rings. The molecular weight excluding hydrogens is 272 g/mol. The van der Waals surface area contributed by atoms with Gasteiger partial charge in [0.15, 0.2) is 5.79 Å². The second-order valence-electron chi connectivity index (χ2n) is 5.54. The van der Waals surface area contributed by atoms with E-state index in [0.29, 0.717) is 18.6 Å². The number of carboxylic acids is 1. The van der Waals surface area contributed by atoms with Crippen molar-refractivity contribution in [3.8, 4) is 5.75 Å². The highest BCUT2D eigenvalue weighted by Crippen LogP contribution is 2.41. The average Bonchev–Trinajstić information content (AvgIpc) is 2.40. The van der Waals surface area contributed by atoms with Crippen LogP contribution < -0.4 is 0 Å². The summed E-state index contributed by atoms with van der Waals surface area (Å²) in [5.74, 6) is -1.60. The number of phenols is 1. The van der Waals surface area contributed by atoms with Crippen LogP contribution in [0.5, 0.6) is 5.75 Å². The Labute approximate surface area is 123 Å². The van der Waals surface area contributed by atoms with Gasteiger partial charge in [0.2, 0.25) is 0 Å². The summed E-state index contributed by atoms with van der Waals surface area (Å²) in [6.07, 6.45) is 2.86. The molecule has 0 saturated carbocycles. The van der Waals surface area contributed by atoms with Crippen LogP contribution in [0.2, 0.25) is 0 Å². The van der Waals surface area contributed by atoms with Crippen molar-refractivity contribution in [1.82, 2.24) is 0 Å². The largest absolute Gasteiger partial charge is 0.508 e. The Kier molecular flexibility index (Phi) is 4.65. The van der Waals surface area contributed by atoms with Crippen molar-refractivity contribution in [2.45, 2.75) is 32.2 Å². The number of carboxylic acid groups (broad SMARTS) is 1. The molecule has 2 rings (SSSR count). The van der Waals surface area contributed by atoms with Gasteiger partial charge in [-0.2, -0.15) is 0 Å². The van der Waals surface area contributed by atoms with Crippen molar-refractivity contribution in [3.05, 3.63) is 42.0 Å². The van der Waals surface area contributed by atoms with Gasteiger partial charge in [-0.05, 0) is 26.3 Å². The third-order valence-electron chi connectivity index (χ3n) is 3.43. The maximum absolute atomic E-state index is 10.6. The molecule has 1 aliphatic heterocycles. The molecule has 0 aromatic heterocycles. The van der Waals surface area contributed by atoms with Gasteiger partial charge >= 0.3 is 5.97 Å². The molecule has 0 amide bonds. The second-order valence-corrected chi connectivity index (χ2v) is 5.54. The van der Waals surface area contributed by atoms with Crippen molar-refractivity contribution < 1.29 is 24.5 Å². The molecule has 0 aliphatic carbocycles. The van der Waals surface area contributed by atoms with E-state index in [1.165, 1.54) is 0 Å². The number of carbonyl (C=O) groups is 1. The fourth-order valence-electron chi connectivity index (χ4n) is 2.41. The first kappa shape index (κ1) is 15.5. The van der Waals surface area contributed by atoms with E-state index in [0.717, 1.165) is 6.08 Å². The molecule has 114 valence electrons. The van der Waals surface area contributed by atoms with Gasteiger partial charge < -0.3 is 19.7 Å². The van der Waals surface area contributed by atoms with E-state index >= 15 is 0 Å². The van der Waals surface area contributed by atoms with Gasteiger partial charge in [0.05, 0.1) is 12.7 Å². The summed E-state index contributed by atoms with van der Waals surface area (Å²) >= 11 is 0. The first-order chi connectivity index (χ1) is 9.89. The fraction of sp³-hybridized carbons (Fsp3) is 0.438. The van der Waals surface area contributed by atoms with Crippen molar-refractivity contribution in [2.24, 2.45) is 5.92 Å². The molecule has 1 saturated heterocycles. The summed E-state index contributed by atoms with van der Waals surface area (Å²) in [6.45, 7) is 4.09. The SMILES string of the molecule is CC1(C)OC[C@@H](CC=CC(=O)O)[C@@H](c2ccccc2O)O1. The Hall–Kier alpha value is -1.85. The molecule has 0 unspecified atom stereocenters. The number of aliphatic carboxylic acids is 1. The quantitative estimate of drug-likeness (QED) is 0.835. The molecule has 0 spiro atoms. The average molecular weight is 292 g/mol. The van der Waals surface area contributed by atoms with E-state index in [9.17, 15) is 9.90 Å². The number of phenolic OH excluding ortho intramolecular Hbond substituents is 1. The van der Waals surface area contributed by atoms with E-state index in [-0.39, 0.29) is 17.8 Å². The second kappa shape index (κ2) is 6.28. The predicted octanol–water partition coefficient (Wildman–Crippen LogP) is 2.86. The van der Waals surface area contributed by atoms with Crippen LogP contribution in [0.1, 0.15) is 31.9 Å². The van der Waals surface area contributed by atoms with E-state index < -0.39 is 11.8 Å². The molecule has 2 N–H and O–H groups in total. The molecule has 21 heavy (non-hydrogen) atoms. The molecule has 0 radical (unpaired) electrons. The summed E-state index contributed by atoms with van der Waals surface area (Å²) < 4.78 is 11.6. The topological polar surface area (TPSA) is 76.0 Å². The summed E-state index contributed by atoms with van der Waals surface area (Å²) in [4.78, 5) is 10.6. The van der Waals surface area contributed by atoms with E-state index in [1.807, 2.05) is 26.0 Å². The van der Waals surface area contributed by atoms with Gasteiger partial charge in [-0.25, -0.2) is 4.79 Å². The zero-order chi connectivity index (χ0) is 15.5. The van der Waals surface area contributed by atoms with Gasteiger partial charge in [0.1, 0.15) is 5.75 Å². The Balaban J connectivity index is 2.22. The molecule has 1 aromatic rings. The molecule has 1 heterocycles.